The van der Waals surface area contributed by atoms with E-state index in [1.165, 1.54) is 5.56 Å². The third-order valence-corrected chi connectivity index (χ3v) is 6.66. The lowest BCUT2D eigenvalue weighted by atomic mass is 9.86. The van der Waals surface area contributed by atoms with E-state index in [2.05, 4.69) is 4.72 Å². The van der Waals surface area contributed by atoms with Gasteiger partial charge in [0.05, 0.1) is 10.8 Å². The van der Waals surface area contributed by atoms with Crippen molar-refractivity contribution in [3.63, 3.8) is 0 Å². The van der Waals surface area contributed by atoms with Crippen LogP contribution in [0.1, 0.15) is 49.7 Å². The van der Waals surface area contributed by atoms with Gasteiger partial charge in [0, 0.05) is 6.04 Å². The Bertz CT molecular complexity index is 692. The van der Waals surface area contributed by atoms with Gasteiger partial charge >= 0.3 is 6.18 Å². The van der Waals surface area contributed by atoms with Crippen LogP contribution in [0, 0.1) is 5.92 Å². The van der Waals surface area contributed by atoms with Gasteiger partial charge < -0.3 is 0 Å². The van der Waals surface area contributed by atoms with Crippen molar-refractivity contribution in [2.45, 2.75) is 68.5 Å². The third kappa shape index (κ3) is 3.94. The number of alkyl halides is 3. The molecule has 3 rings (SSSR count). The molecule has 0 spiro atoms. The summed E-state index contributed by atoms with van der Waals surface area (Å²) in [7, 11) is -3.68. The first kappa shape index (κ1) is 17.7. The molecule has 0 amide bonds. The van der Waals surface area contributed by atoms with Gasteiger partial charge in [0.15, 0.2) is 0 Å². The SMILES string of the molecule is O=S(=O)(NC1CCC(C(F)(F)F)CC1)c1ccc2c(c1)CCCC2. The molecule has 0 atom stereocenters. The summed E-state index contributed by atoms with van der Waals surface area (Å²) in [5.74, 6) is -1.30. The molecule has 2 aliphatic carbocycles. The molecule has 0 saturated heterocycles. The lowest BCUT2D eigenvalue weighted by Crippen LogP contribution is -2.40. The molecule has 0 radical (unpaired) electrons. The van der Waals surface area contributed by atoms with Gasteiger partial charge in [0.25, 0.3) is 0 Å². The average Bonchev–Trinajstić information content (AvgIpc) is 2.53. The summed E-state index contributed by atoms with van der Waals surface area (Å²) in [6.45, 7) is 0. The fourth-order valence-corrected chi connectivity index (χ4v) is 5.06. The zero-order chi connectivity index (χ0) is 17.4. The van der Waals surface area contributed by atoms with Crippen LogP contribution in [0.15, 0.2) is 23.1 Å². The van der Waals surface area contributed by atoms with Crippen LogP contribution >= 0.6 is 0 Å². The molecule has 0 aromatic heterocycles. The molecule has 1 saturated carbocycles. The van der Waals surface area contributed by atoms with Crippen LogP contribution in [-0.2, 0) is 22.9 Å². The first-order valence-electron chi connectivity index (χ1n) is 8.46. The number of fused-ring (bicyclic) bond motifs is 1. The minimum atomic E-state index is -4.18. The summed E-state index contributed by atoms with van der Waals surface area (Å²) in [6.07, 6.45) is 0.303. The van der Waals surface area contributed by atoms with Crippen molar-refractivity contribution >= 4 is 10.0 Å². The van der Waals surface area contributed by atoms with Crippen molar-refractivity contribution in [2.24, 2.45) is 5.92 Å². The maximum absolute atomic E-state index is 12.7. The largest absolute Gasteiger partial charge is 0.391 e. The first-order valence-corrected chi connectivity index (χ1v) is 9.95. The molecule has 1 aromatic carbocycles. The molecule has 0 unspecified atom stereocenters. The van der Waals surface area contributed by atoms with Crippen LogP contribution in [0.2, 0.25) is 0 Å². The predicted molar refractivity (Wildman–Crippen MR) is 85.2 cm³/mol. The number of sulfonamides is 1. The van der Waals surface area contributed by atoms with Gasteiger partial charge in [-0.2, -0.15) is 13.2 Å². The van der Waals surface area contributed by atoms with Crippen LogP contribution in [0.3, 0.4) is 0 Å². The van der Waals surface area contributed by atoms with Gasteiger partial charge in [-0.25, -0.2) is 13.1 Å². The van der Waals surface area contributed by atoms with Crippen molar-refractivity contribution < 1.29 is 21.6 Å². The van der Waals surface area contributed by atoms with Gasteiger partial charge in [-0.1, -0.05) is 6.07 Å². The van der Waals surface area contributed by atoms with E-state index in [1.807, 2.05) is 6.07 Å². The van der Waals surface area contributed by atoms with Crippen LogP contribution in [-0.4, -0.2) is 20.6 Å². The molecular weight excluding hydrogens is 339 g/mol. The number of rotatable bonds is 3. The topological polar surface area (TPSA) is 46.2 Å². The monoisotopic (exact) mass is 361 g/mol. The highest BCUT2D eigenvalue weighted by Gasteiger charge is 2.41. The highest BCUT2D eigenvalue weighted by molar-refractivity contribution is 7.89. The summed E-state index contributed by atoms with van der Waals surface area (Å²) < 4.78 is 65.7. The smallest absolute Gasteiger partial charge is 0.208 e. The fourth-order valence-electron chi connectivity index (χ4n) is 3.70. The molecule has 1 N–H and O–H groups in total. The number of benzene rings is 1. The maximum atomic E-state index is 12.7. The highest BCUT2D eigenvalue weighted by Crippen LogP contribution is 2.37. The molecule has 0 aliphatic heterocycles. The van der Waals surface area contributed by atoms with Crippen molar-refractivity contribution in [3.05, 3.63) is 29.3 Å². The zero-order valence-electron chi connectivity index (χ0n) is 13.4. The van der Waals surface area contributed by atoms with Crippen LogP contribution in [0.25, 0.3) is 0 Å². The van der Waals surface area contributed by atoms with E-state index in [0.717, 1.165) is 31.2 Å². The van der Waals surface area contributed by atoms with E-state index in [9.17, 15) is 21.6 Å². The Kier molecular flexibility index (Phi) is 4.93. The Balaban J connectivity index is 1.67. The molecule has 1 aromatic rings. The zero-order valence-corrected chi connectivity index (χ0v) is 14.2. The predicted octanol–water partition coefficient (Wildman–Crippen LogP) is 3.96. The molecule has 1 fully saturated rings. The van der Waals surface area contributed by atoms with E-state index >= 15 is 0 Å². The highest BCUT2D eigenvalue weighted by atomic mass is 32.2. The number of aryl methyl sites for hydroxylation is 2. The summed E-state index contributed by atoms with van der Waals surface area (Å²) in [5.41, 5.74) is 2.27. The summed E-state index contributed by atoms with van der Waals surface area (Å²) in [5, 5.41) is 0. The number of hydrogen-bond donors (Lipinski definition) is 1. The quantitative estimate of drug-likeness (QED) is 0.886. The minimum absolute atomic E-state index is 0.0130. The Morgan fingerprint density at radius 3 is 2.21 bits per heavy atom. The standard InChI is InChI=1S/C17H22F3NO2S/c18-17(19,20)14-6-8-15(9-7-14)21-24(22,23)16-10-5-12-3-1-2-4-13(12)11-16/h5,10-11,14-15,21H,1-4,6-9H2. The van der Waals surface area contributed by atoms with Crippen molar-refractivity contribution in [1.82, 2.24) is 4.72 Å². The van der Waals surface area contributed by atoms with E-state index in [0.29, 0.717) is 0 Å². The number of hydrogen-bond acceptors (Lipinski definition) is 2. The Morgan fingerprint density at radius 2 is 1.58 bits per heavy atom. The van der Waals surface area contributed by atoms with Crippen molar-refractivity contribution in [2.75, 3.05) is 0 Å². The second-order valence-electron chi connectivity index (χ2n) is 6.85. The van der Waals surface area contributed by atoms with Crippen LogP contribution in [0.4, 0.5) is 13.2 Å². The molecule has 24 heavy (non-hydrogen) atoms. The molecule has 0 bridgehead atoms. The van der Waals surface area contributed by atoms with Crippen molar-refractivity contribution in [1.29, 1.82) is 0 Å². The van der Waals surface area contributed by atoms with E-state index in [1.54, 1.807) is 12.1 Å². The lowest BCUT2D eigenvalue weighted by Gasteiger charge is -2.30. The molecule has 2 aliphatic rings. The van der Waals surface area contributed by atoms with Crippen LogP contribution < -0.4 is 4.72 Å². The van der Waals surface area contributed by atoms with Crippen LogP contribution in [0.5, 0.6) is 0 Å². The number of nitrogens with one attached hydrogen (secondary N) is 1. The van der Waals surface area contributed by atoms with Gasteiger partial charge in [-0.05, 0) is 74.6 Å². The molecular formula is C17H22F3NO2S. The minimum Gasteiger partial charge on any atom is -0.208 e. The first-order chi connectivity index (χ1) is 11.3. The fraction of sp³-hybridized carbons (Fsp3) is 0.647. The second-order valence-corrected chi connectivity index (χ2v) is 8.56. The van der Waals surface area contributed by atoms with Crippen molar-refractivity contribution in [3.8, 4) is 0 Å². The maximum Gasteiger partial charge on any atom is 0.391 e. The third-order valence-electron chi connectivity index (χ3n) is 5.14. The summed E-state index contributed by atoms with van der Waals surface area (Å²) in [6, 6.07) is 4.78. The van der Waals surface area contributed by atoms with Gasteiger partial charge in [0.1, 0.15) is 0 Å². The number of halogens is 3. The molecule has 0 heterocycles. The normalized spacial score (nSPS) is 25.3. The molecule has 3 nitrogen and oxygen atoms in total. The molecule has 134 valence electrons. The van der Waals surface area contributed by atoms with E-state index in [-0.39, 0.29) is 30.6 Å². The van der Waals surface area contributed by atoms with E-state index < -0.39 is 28.2 Å². The van der Waals surface area contributed by atoms with Gasteiger partial charge in [0.2, 0.25) is 10.0 Å². The summed E-state index contributed by atoms with van der Waals surface area (Å²) in [4.78, 5) is 0.223. The Hall–Kier alpha value is -1.08. The Morgan fingerprint density at radius 1 is 0.958 bits per heavy atom. The lowest BCUT2D eigenvalue weighted by molar-refractivity contribution is -0.182. The molecule has 7 heteroatoms. The van der Waals surface area contributed by atoms with E-state index in [4.69, 9.17) is 0 Å². The van der Waals surface area contributed by atoms with Gasteiger partial charge in [-0.3, -0.25) is 0 Å². The second kappa shape index (κ2) is 6.67. The average molecular weight is 361 g/mol. The Labute approximate surface area is 140 Å². The van der Waals surface area contributed by atoms with Gasteiger partial charge in [-0.15, -0.1) is 0 Å². The summed E-state index contributed by atoms with van der Waals surface area (Å²) >= 11 is 0.